The third-order valence-electron chi connectivity index (χ3n) is 1.34. The molecule has 4 nitrogen and oxygen atoms in total. The van der Waals surface area contributed by atoms with Gasteiger partial charge in [-0.05, 0) is 6.92 Å². The van der Waals surface area contributed by atoms with Crippen LogP contribution < -0.4 is 12.4 Å². The lowest BCUT2D eigenvalue weighted by atomic mass is 10.4. The van der Waals surface area contributed by atoms with Gasteiger partial charge in [-0.25, -0.2) is 4.79 Å². The van der Waals surface area contributed by atoms with Gasteiger partial charge in [0.2, 0.25) is 0 Å². The highest BCUT2D eigenvalue weighted by molar-refractivity contribution is 5.86. The second-order valence-electron chi connectivity index (χ2n) is 3.93. The van der Waals surface area contributed by atoms with E-state index in [9.17, 15) is 4.79 Å². The van der Waals surface area contributed by atoms with Gasteiger partial charge in [-0.3, -0.25) is 0 Å². The molecule has 86 valence electrons. The molecule has 0 spiro atoms. The molecule has 0 aliphatic carbocycles. The first-order chi connectivity index (χ1) is 5.33. The molecule has 2 N–H and O–H groups in total. The van der Waals surface area contributed by atoms with Gasteiger partial charge >= 0.3 is 5.97 Å². The van der Waals surface area contributed by atoms with Crippen LogP contribution in [-0.4, -0.2) is 50.2 Å². The van der Waals surface area contributed by atoms with Crippen LogP contribution in [0, 0.1) is 0 Å². The molecule has 0 heterocycles. The van der Waals surface area contributed by atoms with Gasteiger partial charge < -0.3 is 27.1 Å². The summed E-state index contributed by atoms with van der Waals surface area (Å²) in [6, 6.07) is 0. The lowest BCUT2D eigenvalue weighted by molar-refractivity contribution is -0.870. The standard InChI is InChI=1S/C9H18NO2.ClH.H2O/c1-8(2)9(11)12-7-6-10(3,4)5;;/h1,6-7H2,2-5H3;1H;1H2/q+1;;/p-1. The van der Waals surface area contributed by atoms with Crippen LogP contribution in [0.1, 0.15) is 6.92 Å². The van der Waals surface area contributed by atoms with E-state index in [0.29, 0.717) is 12.2 Å². The predicted molar refractivity (Wildman–Crippen MR) is 52.3 cm³/mol. The van der Waals surface area contributed by atoms with Crippen molar-refractivity contribution in [2.45, 2.75) is 6.92 Å². The molecule has 0 saturated heterocycles. The molecule has 0 fully saturated rings. The van der Waals surface area contributed by atoms with E-state index in [1.807, 2.05) is 0 Å². The van der Waals surface area contributed by atoms with E-state index in [4.69, 9.17) is 4.74 Å². The first-order valence-electron chi connectivity index (χ1n) is 3.96. The molecule has 0 aromatic carbocycles. The molecule has 0 radical (unpaired) electrons. The number of quaternary nitrogens is 1. The minimum Gasteiger partial charge on any atom is -1.00 e. The number of halogens is 1. The van der Waals surface area contributed by atoms with Crippen LogP contribution in [0.15, 0.2) is 12.2 Å². The van der Waals surface area contributed by atoms with Crippen LogP contribution in [0.2, 0.25) is 0 Å². The van der Waals surface area contributed by atoms with E-state index in [1.165, 1.54) is 0 Å². The van der Waals surface area contributed by atoms with Gasteiger partial charge in [-0.2, -0.15) is 0 Å². The van der Waals surface area contributed by atoms with Crippen molar-refractivity contribution < 1.29 is 31.9 Å². The fourth-order valence-electron chi connectivity index (χ4n) is 0.535. The van der Waals surface area contributed by atoms with Crippen molar-refractivity contribution in [2.75, 3.05) is 34.3 Å². The molecule has 0 aliphatic rings. The van der Waals surface area contributed by atoms with E-state index < -0.39 is 0 Å². The molecule has 0 atom stereocenters. The van der Waals surface area contributed by atoms with Crippen molar-refractivity contribution in [3.63, 3.8) is 0 Å². The van der Waals surface area contributed by atoms with Gasteiger partial charge in [-0.1, -0.05) is 6.58 Å². The highest BCUT2D eigenvalue weighted by Gasteiger charge is 2.09. The normalized spacial score (nSPS) is 9.43. The molecule has 0 aromatic heterocycles. The fraction of sp³-hybridized carbons (Fsp3) is 0.667. The number of rotatable bonds is 4. The topological polar surface area (TPSA) is 57.8 Å². The highest BCUT2D eigenvalue weighted by atomic mass is 35.5. The average molecular weight is 226 g/mol. The first kappa shape index (κ1) is 19.1. The zero-order chi connectivity index (χ0) is 9.78. The molecule has 0 unspecified atom stereocenters. The largest absolute Gasteiger partial charge is 1.00 e. The van der Waals surface area contributed by atoms with Crippen LogP contribution >= 0.6 is 0 Å². The van der Waals surface area contributed by atoms with Crippen molar-refractivity contribution >= 4 is 5.97 Å². The monoisotopic (exact) mass is 225 g/mol. The zero-order valence-electron chi connectivity index (χ0n) is 9.26. The predicted octanol–water partition coefficient (Wildman–Crippen LogP) is -3.01. The molecule has 0 bridgehead atoms. The SMILES string of the molecule is C=C(C)C(=O)OCC[N+](C)(C)C.O.[Cl-]. The van der Waals surface area contributed by atoms with Crippen molar-refractivity contribution in [3.05, 3.63) is 12.2 Å². The number of likely N-dealkylation sites (N-methyl/N-ethyl adjacent to an activating group) is 1. The van der Waals surface area contributed by atoms with E-state index in [-0.39, 0.29) is 23.9 Å². The Morgan fingerprint density at radius 2 is 1.79 bits per heavy atom. The number of hydrogen-bond acceptors (Lipinski definition) is 2. The summed E-state index contributed by atoms with van der Waals surface area (Å²) >= 11 is 0. The molecule has 0 aromatic rings. The van der Waals surface area contributed by atoms with Crippen LogP contribution in [0.5, 0.6) is 0 Å². The van der Waals surface area contributed by atoms with Gasteiger partial charge in [0, 0.05) is 5.57 Å². The molecule has 14 heavy (non-hydrogen) atoms. The molecule has 0 aliphatic heterocycles. The summed E-state index contributed by atoms with van der Waals surface area (Å²) in [5, 5.41) is 0. The van der Waals surface area contributed by atoms with Crippen molar-refractivity contribution in [2.24, 2.45) is 0 Å². The smallest absolute Gasteiger partial charge is 0.333 e. The summed E-state index contributed by atoms with van der Waals surface area (Å²) in [5.41, 5.74) is 0.455. The molecule has 0 rings (SSSR count). The Kier molecular flexibility index (Phi) is 10.6. The van der Waals surface area contributed by atoms with Gasteiger partial charge in [0.05, 0.1) is 21.1 Å². The summed E-state index contributed by atoms with van der Waals surface area (Å²) in [4.78, 5) is 10.9. The third-order valence-corrected chi connectivity index (χ3v) is 1.34. The van der Waals surface area contributed by atoms with E-state index >= 15 is 0 Å². The van der Waals surface area contributed by atoms with Crippen LogP contribution in [0.4, 0.5) is 0 Å². The third kappa shape index (κ3) is 11.4. The lowest BCUT2D eigenvalue weighted by Crippen LogP contribution is -3.00. The minimum absolute atomic E-state index is 0. The summed E-state index contributed by atoms with van der Waals surface area (Å²) in [6.45, 7) is 6.41. The van der Waals surface area contributed by atoms with Crippen LogP contribution in [0.25, 0.3) is 0 Å². The number of esters is 1. The summed E-state index contributed by atoms with van der Waals surface area (Å²) < 4.78 is 5.72. The van der Waals surface area contributed by atoms with E-state index in [2.05, 4.69) is 27.7 Å². The summed E-state index contributed by atoms with van der Waals surface area (Å²) in [5.74, 6) is -0.302. The first-order valence-corrected chi connectivity index (χ1v) is 3.96. The number of hydrogen-bond donors (Lipinski definition) is 0. The second-order valence-corrected chi connectivity index (χ2v) is 3.93. The molecule has 5 heteroatoms. The minimum atomic E-state index is -0.302. The summed E-state index contributed by atoms with van der Waals surface area (Å²) in [6.07, 6.45) is 0. The molecule has 0 saturated carbocycles. The molecule has 0 amide bonds. The van der Waals surface area contributed by atoms with Crippen molar-refractivity contribution in [1.82, 2.24) is 0 Å². The summed E-state index contributed by atoms with van der Waals surface area (Å²) in [7, 11) is 6.15. The average Bonchev–Trinajstić information content (AvgIpc) is 1.84. The Bertz CT molecular complexity index is 187. The van der Waals surface area contributed by atoms with Crippen LogP contribution in [0.3, 0.4) is 0 Å². The Morgan fingerprint density at radius 3 is 2.07 bits per heavy atom. The van der Waals surface area contributed by atoms with E-state index in [0.717, 1.165) is 11.0 Å². The zero-order valence-corrected chi connectivity index (χ0v) is 10.0. The Labute approximate surface area is 91.8 Å². The molecular formula is C9H20ClNO3. The fourth-order valence-corrected chi connectivity index (χ4v) is 0.535. The van der Waals surface area contributed by atoms with Crippen molar-refractivity contribution in [1.29, 1.82) is 0 Å². The maximum Gasteiger partial charge on any atom is 0.333 e. The van der Waals surface area contributed by atoms with Gasteiger partial charge in [0.1, 0.15) is 13.2 Å². The van der Waals surface area contributed by atoms with Gasteiger partial charge in [0.15, 0.2) is 0 Å². The number of nitrogens with zero attached hydrogens (tertiary/aromatic N) is 1. The number of ether oxygens (including phenoxy) is 1. The number of carbonyl (C=O) groups excluding carboxylic acids is 1. The number of carbonyl (C=O) groups is 1. The molecular weight excluding hydrogens is 206 g/mol. The maximum atomic E-state index is 10.9. The Balaban J connectivity index is -0.000000605. The Morgan fingerprint density at radius 1 is 1.36 bits per heavy atom. The Hall–Kier alpha value is -0.580. The van der Waals surface area contributed by atoms with Gasteiger partial charge in [0.25, 0.3) is 0 Å². The maximum absolute atomic E-state index is 10.9. The quantitative estimate of drug-likeness (QED) is 0.291. The van der Waals surface area contributed by atoms with E-state index in [1.54, 1.807) is 6.92 Å². The lowest BCUT2D eigenvalue weighted by Gasteiger charge is -2.23. The highest BCUT2D eigenvalue weighted by Crippen LogP contribution is 1.94. The van der Waals surface area contributed by atoms with Crippen LogP contribution in [-0.2, 0) is 9.53 Å². The second kappa shape index (κ2) is 7.79. The van der Waals surface area contributed by atoms with Gasteiger partial charge in [-0.15, -0.1) is 0 Å². The van der Waals surface area contributed by atoms with Crippen molar-refractivity contribution in [3.8, 4) is 0 Å².